The molecule has 0 saturated carbocycles. The Bertz CT molecular complexity index is 1570. The summed E-state index contributed by atoms with van der Waals surface area (Å²) in [4.78, 5) is 13.8. The summed E-state index contributed by atoms with van der Waals surface area (Å²) in [6.07, 6.45) is -15.9. The Morgan fingerprint density at radius 2 is 1.47 bits per heavy atom. The summed E-state index contributed by atoms with van der Waals surface area (Å²) in [5.74, 6) is -1.39. The number of phenols is 2. The lowest BCUT2D eigenvalue weighted by atomic mass is 9.98. The van der Waals surface area contributed by atoms with Gasteiger partial charge in [0.15, 0.2) is 23.5 Å². The van der Waals surface area contributed by atoms with E-state index in [-0.39, 0.29) is 39.5 Å². The van der Waals surface area contributed by atoms with Crippen molar-refractivity contribution in [1.82, 2.24) is 0 Å². The van der Waals surface area contributed by atoms with Crippen molar-refractivity contribution in [3.05, 3.63) is 40.6 Å². The fourth-order valence-corrected chi connectivity index (χ4v) is 5.10. The number of fused-ring (bicyclic) bond motifs is 1. The third-order valence-corrected chi connectivity index (χ3v) is 7.72. The van der Waals surface area contributed by atoms with Gasteiger partial charge >= 0.3 is 0 Å². The SMILES string of the molecule is COc1cc(O)c2c(=O)c(OC3OC(COC4OC(C)C(O)C(O)C4O)C(O)C(O)C3O)c(-c3ccc(O)c(OC)c3)oc2c1. The topological polar surface area (TPSA) is 247 Å². The number of hydrogen-bond donors (Lipinski definition) is 8. The molecule has 45 heavy (non-hydrogen) atoms. The van der Waals surface area contributed by atoms with Crippen molar-refractivity contribution in [2.75, 3.05) is 20.8 Å². The van der Waals surface area contributed by atoms with E-state index in [0.717, 1.165) is 0 Å². The van der Waals surface area contributed by atoms with E-state index < -0.39 is 84.9 Å². The molecule has 2 aromatic carbocycles. The Labute approximate surface area is 254 Å². The van der Waals surface area contributed by atoms with Crippen LogP contribution in [-0.4, -0.2) is 123 Å². The third-order valence-electron chi connectivity index (χ3n) is 7.72. The van der Waals surface area contributed by atoms with Crippen LogP contribution in [0.5, 0.6) is 28.7 Å². The molecule has 2 saturated heterocycles. The van der Waals surface area contributed by atoms with Gasteiger partial charge in [-0.1, -0.05) is 0 Å². The second-order valence-corrected chi connectivity index (χ2v) is 10.6. The molecule has 0 radical (unpaired) electrons. The Hall–Kier alpha value is -3.71. The number of rotatable bonds is 8. The maximum atomic E-state index is 13.8. The molecule has 2 aliphatic rings. The first kappa shape index (κ1) is 32.7. The lowest BCUT2D eigenvalue weighted by molar-refractivity contribution is -0.318. The van der Waals surface area contributed by atoms with Gasteiger partial charge in [-0.25, -0.2) is 0 Å². The molecule has 2 fully saturated rings. The van der Waals surface area contributed by atoms with Gasteiger partial charge in [0.2, 0.25) is 17.5 Å². The highest BCUT2D eigenvalue weighted by Crippen LogP contribution is 2.40. The van der Waals surface area contributed by atoms with Crippen molar-refractivity contribution in [3.8, 4) is 40.1 Å². The van der Waals surface area contributed by atoms with Crippen LogP contribution in [0.2, 0.25) is 0 Å². The molecular weight excluding hydrogens is 604 g/mol. The molecule has 0 spiro atoms. The number of phenolic OH excluding ortho intramolecular Hbond substituents is 2. The van der Waals surface area contributed by atoms with Crippen LogP contribution in [0.25, 0.3) is 22.3 Å². The lowest BCUT2D eigenvalue weighted by Crippen LogP contribution is -2.61. The smallest absolute Gasteiger partial charge is 0.239 e. The number of hydrogen-bond acceptors (Lipinski definition) is 16. The molecule has 3 aromatic rings. The van der Waals surface area contributed by atoms with E-state index in [0.29, 0.717) is 0 Å². The zero-order valence-electron chi connectivity index (χ0n) is 24.2. The molecule has 1 aromatic heterocycles. The number of aromatic hydroxyl groups is 2. The van der Waals surface area contributed by atoms with Crippen LogP contribution < -0.4 is 19.6 Å². The fourth-order valence-electron chi connectivity index (χ4n) is 5.10. The fraction of sp³-hybridized carbons (Fsp3) is 0.483. The standard InChI is InChI=1S/C29H34O16/c1-10-19(32)22(35)24(37)28(42-10)41-9-17-20(33)23(36)25(38)29(44-17)45-27-21(34)18-14(31)7-12(39-2)8-16(18)43-26(27)11-4-5-13(30)15(6-11)40-3/h4-8,10,17,19-20,22-25,28-33,35-38H,9H2,1-3H3. The normalized spacial score (nSPS) is 31.9. The molecule has 5 rings (SSSR count). The zero-order valence-corrected chi connectivity index (χ0v) is 24.2. The lowest BCUT2D eigenvalue weighted by Gasteiger charge is -2.42. The van der Waals surface area contributed by atoms with Crippen molar-refractivity contribution in [3.63, 3.8) is 0 Å². The summed E-state index contributed by atoms with van der Waals surface area (Å²) in [7, 11) is 2.65. The largest absolute Gasteiger partial charge is 0.507 e. The summed E-state index contributed by atoms with van der Waals surface area (Å²) in [6, 6.07) is 6.50. The first-order valence-electron chi connectivity index (χ1n) is 13.8. The van der Waals surface area contributed by atoms with Gasteiger partial charge in [0.05, 0.1) is 26.9 Å². The maximum absolute atomic E-state index is 13.8. The summed E-state index contributed by atoms with van der Waals surface area (Å²) in [5.41, 5.74) is -0.862. The van der Waals surface area contributed by atoms with E-state index in [1.807, 2.05) is 0 Å². The Morgan fingerprint density at radius 3 is 2.16 bits per heavy atom. The van der Waals surface area contributed by atoms with Gasteiger partial charge in [-0.3, -0.25) is 4.79 Å². The third kappa shape index (κ3) is 6.11. The predicted molar refractivity (Wildman–Crippen MR) is 150 cm³/mol. The van der Waals surface area contributed by atoms with Crippen molar-refractivity contribution in [2.24, 2.45) is 0 Å². The van der Waals surface area contributed by atoms with E-state index in [9.17, 15) is 45.6 Å². The predicted octanol–water partition coefficient (Wildman–Crippen LogP) is -1.08. The van der Waals surface area contributed by atoms with Gasteiger partial charge in [-0.15, -0.1) is 0 Å². The number of ether oxygens (including phenoxy) is 6. The summed E-state index contributed by atoms with van der Waals surface area (Å²) in [5, 5.41) is 82.6. The number of benzene rings is 2. The molecule has 16 nitrogen and oxygen atoms in total. The van der Waals surface area contributed by atoms with Crippen molar-refractivity contribution >= 4 is 11.0 Å². The number of aliphatic hydroxyl groups excluding tert-OH is 6. The Kier molecular flexibility index (Phi) is 9.41. The molecule has 2 aliphatic heterocycles. The Balaban J connectivity index is 1.50. The Morgan fingerprint density at radius 1 is 0.778 bits per heavy atom. The minimum atomic E-state index is -1.92. The maximum Gasteiger partial charge on any atom is 0.239 e. The van der Waals surface area contributed by atoms with Crippen LogP contribution >= 0.6 is 0 Å². The van der Waals surface area contributed by atoms with Crippen molar-refractivity contribution in [2.45, 2.75) is 68.3 Å². The average molecular weight is 639 g/mol. The van der Waals surface area contributed by atoms with Crippen LogP contribution in [0, 0.1) is 0 Å². The molecule has 16 heteroatoms. The van der Waals surface area contributed by atoms with Gasteiger partial charge in [0, 0.05) is 17.7 Å². The second kappa shape index (κ2) is 13.0. The molecule has 0 bridgehead atoms. The molecule has 8 N–H and O–H groups in total. The molecule has 246 valence electrons. The van der Waals surface area contributed by atoms with E-state index in [4.69, 9.17) is 32.8 Å². The van der Waals surface area contributed by atoms with Gasteiger partial charge in [0.1, 0.15) is 65.2 Å². The molecule has 0 aliphatic carbocycles. The molecular formula is C29H34O16. The van der Waals surface area contributed by atoms with Gasteiger partial charge in [-0.05, 0) is 25.1 Å². The minimum Gasteiger partial charge on any atom is -0.507 e. The van der Waals surface area contributed by atoms with Crippen LogP contribution in [0.15, 0.2) is 39.5 Å². The summed E-state index contributed by atoms with van der Waals surface area (Å²) in [6.45, 7) is 0.868. The van der Waals surface area contributed by atoms with Crippen molar-refractivity contribution in [1.29, 1.82) is 0 Å². The van der Waals surface area contributed by atoms with E-state index in [1.54, 1.807) is 0 Å². The van der Waals surface area contributed by atoms with Crippen LogP contribution in [-0.2, 0) is 14.2 Å². The number of methoxy groups -OCH3 is 2. The van der Waals surface area contributed by atoms with Gasteiger partial charge < -0.3 is 73.7 Å². The second-order valence-electron chi connectivity index (χ2n) is 10.6. The van der Waals surface area contributed by atoms with Crippen LogP contribution in [0.3, 0.4) is 0 Å². The van der Waals surface area contributed by atoms with E-state index >= 15 is 0 Å². The molecule has 3 heterocycles. The van der Waals surface area contributed by atoms with Gasteiger partial charge in [0.25, 0.3) is 0 Å². The van der Waals surface area contributed by atoms with Crippen LogP contribution in [0.1, 0.15) is 6.92 Å². The molecule has 0 amide bonds. The highest BCUT2D eigenvalue weighted by molar-refractivity contribution is 5.88. The number of aliphatic hydroxyl groups is 6. The van der Waals surface area contributed by atoms with E-state index in [1.165, 1.54) is 51.5 Å². The zero-order chi connectivity index (χ0) is 32.7. The first-order chi connectivity index (χ1) is 21.4. The minimum absolute atomic E-state index is 0.0125. The van der Waals surface area contributed by atoms with E-state index in [2.05, 4.69) is 0 Å². The highest BCUT2D eigenvalue weighted by atomic mass is 16.7. The highest BCUT2D eigenvalue weighted by Gasteiger charge is 2.47. The first-order valence-corrected chi connectivity index (χ1v) is 13.8. The van der Waals surface area contributed by atoms with Crippen molar-refractivity contribution < 1.29 is 73.7 Å². The average Bonchev–Trinajstić information content (AvgIpc) is 3.02. The summed E-state index contributed by atoms with van der Waals surface area (Å²) < 4.78 is 38.7. The van der Waals surface area contributed by atoms with Gasteiger partial charge in [-0.2, -0.15) is 0 Å². The molecule has 10 unspecified atom stereocenters. The monoisotopic (exact) mass is 638 g/mol. The quantitative estimate of drug-likeness (QED) is 0.146. The van der Waals surface area contributed by atoms with Crippen LogP contribution in [0.4, 0.5) is 0 Å². The molecule has 10 atom stereocenters. The summed E-state index contributed by atoms with van der Waals surface area (Å²) >= 11 is 0.